The third-order valence-electron chi connectivity index (χ3n) is 0.289. The first-order chi connectivity index (χ1) is 8.16. The van der Waals surface area contributed by atoms with Gasteiger partial charge in [-0.15, -0.1) is 13.2 Å². The van der Waals surface area contributed by atoms with Crippen molar-refractivity contribution in [2.75, 3.05) is 0 Å². The number of hydrogen-bond acceptors (Lipinski definition) is 0. The molecule has 0 rings (SSSR count). The van der Waals surface area contributed by atoms with Gasteiger partial charge in [0, 0.05) is 0 Å². The monoisotopic (exact) mass is 274 g/mol. The van der Waals surface area contributed by atoms with E-state index >= 15 is 0 Å². The van der Waals surface area contributed by atoms with E-state index in [0.29, 0.717) is 5.41 Å². The Balaban J connectivity index is -0.0000000280. The van der Waals surface area contributed by atoms with Gasteiger partial charge in [0.25, 0.3) is 0 Å². The van der Waals surface area contributed by atoms with Gasteiger partial charge >= 0.3 is 0 Å². The molecule has 0 nitrogen and oxygen atoms in total. The van der Waals surface area contributed by atoms with E-state index < -0.39 is 0 Å². The highest BCUT2D eigenvalue weighted by atomic mass is 14.0. The summed E-state index contributed by atoms with van der Waals surface area (Å²) in [6.07, 6.45) is 7.21. The molecular formula is C19H46. The van der Waals surface area contributed by atoms with Crippen molar-refractivity contribution in [2.24, 2.45) is 5.41 Å². The number of rotatable bonds is 1. The largest absolute Gasteiger partial charge is 0.103 e. The highest BCUT2D eigenvalue weighted by molar-refractivity contribution is 4.60. The number of allylic oxidation sites excluding steroid dienone is 2. The molecule has 0 atom stereocenters. The lowest BCUT2D eigenvalue weighted by Gasteiger charge is -2.05. The molecule has 0 saturated heterocycles. The van der Waals surface area contributed by atoms with E-state index in [2.05, 4.69) is 75.5 Å². The Bertz CT molecular complexity index is 95.7. The molecule has 0 aromatic rings. The summed E-state index contributed by atoms with van der Waals surface area (Å²) in [5, 5.41) is 0. The third-order valence-corrected chi connectivity index (χ3v) is 0.289. The minimum Gasteiger partial charge on any atom is -0.103 e. The lowest BCUT2D eigenvalue weighted by molar-refractivity contribution is 0.469. The van der Waals surface area contributed by atoms with E-state index in [1.807, 2.05) is 13.0 Å². The van der Waals surface area contributed by atoms with Crippen LogP contribution in [0.25, 0.3) is 0 Å². The first kappa shape index (κ1) is 36.3. The van der Waals surface area contributed by atoms with Gasteiger partial charge in [-0.2, -0.15) is 0 Å². The van der Waals surface area contributed by atoms with Gasteiger partial charge in [-0.1, -0.05) is 94.7 Å². The summed E-state index contributed by atoms with van der Waals surface area (Å²) in [5.74, 6) is 0. The van der Waals surface area contributed by atoms with Crippen LogP contribution in [0.15, 0.2) is 25.3 Å². The lowest BCUT2D eigenvalue weighted by atomic mass is 10.0. The molecule has 19 heavy (non-hydrogen) atoms. The molecule has 122 valence electrons. The summed E-state index contributed by atoms with van der Waals surface area (Å²) in [7, 11) is 0. The van der Waals surface area contributed by atoms with Gasteiger partial charge in [0.2, 0.25) is 0 Å². The maximum absolute atomic E-state index is 3.48. The van der Waals surface area contributed by atoms with E-state index in [0.717, 1.165) is 6.42 Å². The van der Waals surface area contributed by atoms with Gasteiger partial charge < -0.3 is 0 Å². The van der Waals surface area contributed by atoms with Crippen molar-refractivity contribution in [3.05, 3.63) is 25.3 Å². The Morgan fingerprint density at radius 1 is 0.789 bits per heavy atom. The van der Waals surface area contributed by atoms with Crippen molar-refractivity contribution in [1.82, 2.24) is 0 Å². The first-order valence-corrected chi connectivity index (χ1v) is 7.34. The molecule has 0 aliphatic heterocycles. The van der Waals surface area contributed by atoms with Gasteiger partial charge in [-0.25, -0.2) is 0 Å². The van der Waals surface area contributed by atoms with Gasteiger partial charge in [0.15, 0.2) is 0 Å². The standard InChI is InChI=1S/C5H12.C4H8.2C3H8.C3H6.CH4/c1-5(2,3)4;1-3-4-2;3*1-3-2;/h1-4H3;3H,1,4H2,2H3;2*3H2,1-2H3;3H,1H2,2H3;1H4. The second-order valence-electron chi connectivity index (χ2n) is 5.52. The van der Waals surface area contributed by atoms with Crippen molar-refractivity contribution >= 4 is 0 Å². The molecule has 0 saturated carbocycles. The van der Waals surface area contributed by atoms with Crippen LogP contribution in [0.1, 0.15) is 95.9 Å². The van der Waals surface area contributed by atoms with E-state index in [9.17, 15) is 0 Å². The molecule has 0 aliphatic carbocycles. The molecule has 0 radical (unpaired) electrons. The van der Waals surface area contributed by atoms with E-state index in [1.165, 1.54) is 12.8 Å². The normalized spacial score (nSPS) is 7.05. The smallest absolute Gasteiger partial charge is 0.0382 e. The Kier molecular flexibility index (Phi) is 82.5. The Hall–Kier alpha value is -0.520. The van der Waals surface area contributed by atoms with Crippen LogP contribution < -0.4 is 0 Å². The van der Waals surface area contributed by atoms with E-state index in [4.69, 9.17) is 0 Å². The predicted molar refractivity (Wildman–Crippen MR) is 100 cm³/mol. The zero-order valence-electron chi connectivity index (χ0n) is 15.2. The van der Waals surface area contributed by atoms with Crippen LogP contribution in [0.3, 0.4) is 0 Å². The second kappa shape index (κ2) is 43.2. The van der Waals surface area contributed by atoms with Crippen LogP contribution in [0.4, 0.5) is 0 Å². The lowest BCUT2D eigenvalue weighted by Crippen LogP contribution is -1.93. The average Bonchev–Trinajstić information content (AvgIpc) is 2.18. The highest BCUT2D eigenvalue weighted by Crippen LogP contribution is 2.08. The summed E-state index contributed by atoms with van der Waals surface area (Å²) in [4.78, 5) is 0. The van der Waals surface area contributed by atoms with Crippen LogP contribution in [-0.4, -0.2) is 0 Å². The van der Waals surface area contributed by atoms with Gasteiger partial charge in [0.1, 0.15) is 0 Å². The Labute approximate surface area is 127 Å². The molecule has 0 aliphatic rings. The summed E-state index contributed by atoms with van der Waals surface area (Å²) in [6.45, 7) is 28.0. The topological polar surface area (TPSA) is 0 Å². The summed E-state index contributed by atoms with van der Waals surface area (Å²) < 4.78 is 0. The second-order valence-corrected chi connectivity index (χ2v) is 5.52. The van der Waals surface area contributed by atoms with Crippen LogP contribution in [0.5, 0.6) is 0 Å². The Morgan fingerprint density at radius 2 is 0.842 bits per heavy atom. The summed E-state index contributed by atoms with van der Waals surface area (Å²) >= 11 is 0. The fourth-order valence-corrected chi connectivity index (χ4v) is 0. The molecule has 0 fully saturated rings. The SMILES string of the molecule is C.C=CC.C=CCC.CC(C)(C)C.CCC.CCC. The maximum Gasteiger partial charge on any atom is -0.0382 e. The molecule has 0 bridgehead atoms. The zero-order chi connectivity index (χ0) is 16.0. The summed E-state index contributed by atoms with van der Waals surface area (Å²) in [5.41, 5.74) is 0.500. The number of hydrogen-bond donors (Lipinski definition) is 0. The minimum absolute atomic E-state index is 0. The zero-order valence-corrected chi connectivity index (χ0v) is 15.2. The van der Waals surface area contributed by atoms with E-state index in [-0.39, 0.29) is 7.43 Å². The van der Waals surface area contributed by atoms with Crippen molar-refractivity contribution in [1.29, 1.82) is 0 Å². The van der Waals surface area contributed by atoms with Crippen LogP contribution in [-0.2, 0) is 0 Å². The van der Waals surface area contributed by atoms with Gasteiger partial charge in [-0.3, -0.25) is 0 Å². The quantitative estimate of drug-likeness (QED) is 0.422. The molecular weight excluding hydrogens is 228 g/mol. The average molecular weight is 275 g/mol. The molecule has 0 unspecified atom stereocenters. The fourth-order valence-electron chi connectivity index (χ4n) is 0. The van der Waals surface area contributed by atoms with Crippen LogP contribution in [0, 0.1) is 5.41 Å². The van der Waals surface area contributed by atoms with Gasteiger partial charge in [0.05, 0.1) is 0 Å². The van der Waals surface area contributed by atoms with Gasteiger partial charge in [-0.05, 0) is 18.8 Å². The fraction of sp³-hybridized carbons (Fsp3) is 0.789. The molecule has 0 heterocycles. The molecule has 0 spiro atoms. The first-order valence-electron chi connectivity index (χ1n) is 7.34. The van der Waals surface area contributed by atoms with Crippen molar-refractivity contribution in [3.63, 3.8) is 0 Å². The Morgan fingerprint density at radius 3 is 0.842 bits per heavy atom. The van der Waals surface area contributed by atoms with E-state index in [1.54, 1.807) is 6.08 Å². The molecule has 0 N–H and O–H groups in total. The van der Waals surface area contributed by atoms with Crippen LogP contribution >= 0.6 is 0 Å². The molecule has 0 aromatic carbocycles. The van der Waals surface area contributed by atoms with Crippen molar-refractivity contribution in [2.45, 2.75) is 95.9 Å². The highest BCUT2D eigenvalue weighted by Gasteiger charge is 1.95. The molecule has 0 amide bonds. The minimum atomic E-state index is 0. The van der Waals surface area contributed by atoms with Crippen molar-refractivity contribution in [3.8, 4) is 0 Å². The van der Waals surface area contributed by atoms with Crippen LogP contribution in [0.2, 0.25) is 0 Å². The summed E-state index contributed by atoms with van der Waals surface area (Å²) in [6, 6.07) is 0. The third kappa shape index (κ3) is 18200. The molecule has 0 heteroatoms. The van der Waals surface area contributed by atoms with Crippen molar-refractivity contribution < 1.29 is 0 Å². The maximum atomic E-state index is 3.48. The molecule has 0 aromatic heterocycles. The predicted octanol–water partition coefficient (Wildman–Crippen LogP) is 8.30.